The number of non-ortho nitro benzene ring substituents is 1. The monoisotopic (exact) mass is 325 g/mol. The lowest BCUT2D eigenvalue weighted by molar-refractivity contribution is -0.384. The largest absolute Gasteiger partial charge is 0.280 e. The van der Waals surface area contributed by atoms with Crippen LogP contribution in [0.2, 0.25) is 0 Å². The number of carbonyl (C=O) groups is 1. The second-order valence-corrected chi connectivity index (χ2v) is 5.19. The number of amides is 1. The first-order valence-corrected chi connectivity index (χ1v) is 7.07. The SMILES string of the molecule is CC1=NN(c2cccc(F)c2)C(=O)C1=Cc1ccc([N+](=O)[O-])cc1. The van der Waals surface area contributed by atoms with Gasteiger partial charge in [0.1, 0.15) is 5.82 Å². The molecule has 7 heteroatoms. The quantitative estimate of drug-likeness (QED) is 0.492. The number of nitro benzene ring substituents is 1. The number of hydrogen-bond donors (Lipinski definition) is 0. The first-order valence-electron chi connectivity index (χ1n) is 7.07. The smallest absolute Gasteiger partial charge is 0.267 e. The highest BCUT2D eigenvalue weighted by molar-refractivity contribution is 6.32. The minimum atomic E-state index is -0.490. The Morgan fingerprint density at radius 2 is 1.92 bits per heavy atom. The van der Waals surface area contributed by atoms with Crippen LogP contribution in [0.1, 0.15) is 12.5 Å². The predicted molar refractivity (Wildman–Crippen MR) is 88.1 cm³/mol. The summed E-state index contributed by atoms with van der Waals surface area (Å²) in [4.78, 5) is 22.7. The predicted octanol–water partition coefficient (Wildman–Crippen LogP) is 3.54. The first-order chi connectivity index (χ1) is 11.5. The highest BCUT2D eigenvalue weighted by Crippen LogP contribution is 2.25. The lowest BCUT2D eigenvalue weighted by Crippen LogP contribution is -2.21. The Balaban J connectivity index is 1.91. The van der Waals surface area contributed by atoms with Crippen molar-refractivity contribution >= 4 is 29.1 Å². The van der Waals surface area contributed by atoms with Crippen LogP contribution in [-0.4, -0.2) is 16.5 Å². The summed E-state index contributed by atoms with van der Waals surface area (Å²) in [5.74, 6) is -0.836. The number of hydrogen-bond acceptors (Lipinski definition) is 4. The van der Waals surface area contributed by atoms with Crippen molar-refractivity contribution in [1.29, 1.82) is 0 Å². The van der Waals surface area contributed by atoms with Crippen molar-refractivity contribution in [2.75, 3.05) is 5.01 Å². The third-order valence-electron chi connectivity index (χ3n) is 3.53. The molecular weight excluding hydrogens is 313 g/mol. The Labute approximate surface area is 136 Å². The second kappa shape index (κ2) is 6.04. The number of nitro groups is 1. The Kier molecular flexibility index (Phi) is 3.91. The lowest BCUT2D eigenvalue weighted by Gasteiger charge is -2.11. The molecule has 0 fully saturated rings. The van der Waals surface area contributed by atoms with Gasteiger partial charge in [-0.1, -0.05) is 6.07 Å². The van der Waals surface area contributed by atoms with Crippen LogP contribution in [0.5, 0.6) is 0 Å². The fraction of sp³-hybridized carbons (Fsp3) is 0.0588. The molecule has 24 heavy (non-hydrogen) atoms. The van der Waals surface area contributed by atoms with Gasteiger partial charge >= 0.3 is 0 Å². The molecular formula is C17H12FN3O3. The minimum Gasteiger partial charge on any atom is -0.267 e. The fourth-order valence-corrected chi connectivity index (χ4v) is 2.33. The summed E-state index contributed by atoms with van der Waals surface area (Å²) >= 11 is 0. The van der Waals surface area contributed by atoms with E-state index in [2.05, 4.69) is 5.10 Å². The molecule has 0 N–H and O–H groups in total. The van der Waals surface area contributed by atoms with Crippen molar-refractivity contribution in [2.45, 2.75) is 6.92 Å². The van der Waals surface area contributed by atoms with E-state index in [4.69, 9.17) is 0 Å². The van der Waals surface area contributed by atoms with Crippen molar-refractivity contribution in [2.24, 2.45) is 5.10 Å². The van der Waals surface area contributed by atoms with Gasteiger partial charge in [0.2, 0.25) is 0 Å². The maximum Gasteiger partial charge on any atom is 0.280 e. The van der Waals surface area contributed by atoms with Gasteiger partial charge in [0.15, 0.2) is 0 Å². The molecule has 2 aromatic rings. The standard InChI is InChI=1S/C17H12FN3O3/c1-11-16(9-12-5-7-14(8-6-12)21(23)24)17(22)20(19-11)15-4-2-3-13(18)10-15/h2-10H,1H3. The molecule has 0 aliphatic carbocycles. The number of nitrogens with zero attached hydrogens (tertiary/aromatic N) is 3. The zero-order chi connectivity index (χ0) is 17.3. The van der Waals surface area contributed by atoms with Crippen molar-refractivity contribution in [1.82, 2.24) is 0 Å². The lowest BCUT2D eigenvalue weighted by atomic mass is 10.1. The van der Waals surface area contributed by atoms with E-state index >= 15 is 0 Å². The molecule has 6 nitrogen and oxygen atoms in total. The van der Waals surface area contributed by atoms with Gasteiger partial charge in [-0.15, -0.1) is 0 Å². The molecule has 0 unspecified atom stereocenters. The van der Waals surface area contributed by atoms with Gasteiger partial charge in [-0.25, -0.2) is 4.39 Å². The van der Waals surface area contributed by atoms with Crippen LogP contribution in [0.4, 0.5) is 15.8 Å². The summed E-state index contributed by atoms with van der Waals surface area (Å²) in [6.45, 7) is 1.68. The second-order valence-electron chi connectivity index (χ2n) is 5.19. The van der Waals surface area contributed by atoms with Gasteiger partial charge < -0.3 is 0 Å². The van der Waals surface area contributed by atoms with Crippen LogP contribution in [0, 0.1) is 15.9 Å². The van der Waals surface area contributed by atoms with Crippen molar-refractivity contribution in [3.8, 4) is 0 Å². The van der Waals surface area contributed by atoms with Crippen LogP contribution in [0.3, 0.4) is 0 Å². The number of halogens is 1. The van der Waals surface area contributed by atoms with Crippen molar-refractivity contribution in [3.05, 3.63) is 75.6 Å². The molecule has 0 aromatic heterocycles. The van der Waals surface area contributed by atoms with E-state index in [0.717, 1.165) is 5.01 Å². The Hall–Kier alpha value is -3.35. The number of benzene rings is 2. The zero-order valence-corrected chi connectivity index (χ0v) is 12.6. The maximum absolute atomic E-state index is 13.3. The molecule has 0 bridgehead atoms. The van der Waals surface area contributed by atoms with Crippen molar-refractivity contribution < 1.29 is 14.1 Å². The number of carbonyl (C=O) groups excluding carboxylic acids is 1. The molecule has 0 spiro atoms. The average molecular weight is 325 g/mol. The van der Waals surface area contributed by atoms with Crippen LogP contribution >= 0.6 is 0 Å². The molecule has 1 amide bonds. The van der Waals surface area contributed by atoms with Crippen LogP contribution < -0.4 is 5.01 Å². The molecule has 0 saturated carbocycles. The molecule has 120 valence electrons. The highest BCUT2D eigenvalue weighted by Gasteiger charge is 2.28. The summed E-state index contributed by atoms with van der Waals surface area (Å²) in [7, 11) is 0. The van der Waals surface area contributed by atoms with Gasteiger partial charge in [0.05, 0.1) is 21.9 Å². The summed E-state index contributed by atoms with van der Waals surface area (Å²) < 4.78 is 13.3. The van der Waals surface area contributed by atoms with E-state index in [0.29, 0.717) is 22.5 Å². The molecule has 0 saturated heterocycles. The van der Waals surface area contributed by atoms with E-state index in [1.54, 1.807) is 31.2 Å². The van der Waals surface area contributed by atoms with Gasteiger partial charge in [-0.2, -0.15) is 10.1 Å². The first kappa shape index (κ1) is 15.5. The van der Waals surface area contributed by atoms with Gasteiger partial charge in [-0.3, -0.25) is 14.9 Å². The Morgan fingerprint density at radius 1 is 1.21 bits per heavy atom. The minimum absolute atomic E-state index is 0.0262. The number of anilines is 1. The van der Waals surface area contributed by atoms with Gasteiger partial charge in [0.25, 0.3) is 11.6 Å². The van der Waals surface area contributed by atoms with E-state index < -0.39 is 10.7 Å². The van der Waals surface area contributed by atoms with Crippen LogP contribution in [-0.2, 0) is 4.79 Å². The van der Waals surface area contributed by atoms with Crippen LogP contribution in [0.25, 0.3) is 6.08 Å². The molecule has 1 aliphatic heterocycles. The van der Waals surface area contributed by atoms with Crippen molar-refractivity contribution in [3.63, 3.8) is 0 Å². The fourth-order valence-electron chi connectivity index (χ4n) is 2.33. The van der Waals surface area contributed by atoms with Gasteiger partial charge in [0, 0.05) is 12.1 Å². The van der Waals surface area contributed by atoms with E-state index in [-0.39, 0.29) is 11.6 Å². The third kappa shape index (κ3) is 2.91. The summed E-state index contributed by atoms with van der Waals surface area (Å²) in [5.41, 5.74) is 1.79. The molecule has 1 heterocycles. The Morgan fingerprint density at radius 3 is 2.54 bits per heavy atom. The summed E-state index contributed by atoms with van der Waals surface area (Å²) in [6.07, 6.45) is 1.60. The molecule has 1 aliphatic rings. The van der Waals surface area contributed by atoms with Crippen LogP contribution in [0.15, 0.2) is 59.2 Å². The molecule has 2 aromatic carbocycles. The molecule has 0 radical (unpaired) electrons. The summed E-state index contributed by atoms with van der Waals surface area (Å²) in [5, 5.41) is 16.0. The van der Waals surface area contributed by atoms with Gasteiger partial charge in [-0.05, 0) is 48.9 Å². The third-order valence-corrected chi connectivity index (χ3v) is 3.53. The van der Waals surface area contributed by atoms with E-state index in [9.17, 15) is 19.3 Å². The number of rotatable bonds is 3. The number of hydrazone groups is 1. The molecule has 3 rings (SSSR count). The highest BCUT2D eigenvalue weighted by atomic mass is 19.1. The van der Waals surface area contributed by atoms with E-state index in [1.165, 1.54) is 30.3 Å². The summed E-state index contributed by atoms with van der Waals surface area (Å²) in [6, 6.07) is 11.4. The topological polar surface area (TPSA) is 75.8 Å². The molecule has 0 atom stereocenters. The average Bonchev–Trinajstić information content (AvgIpc) is 2.83. The normalized spacial score (nSPS) is 15.8. The zero-order valence-electron chi connectivity index (χ0n) is 12.6. The Bertz CT molecular complexity index is 888. The van der Waals surface area contributed by atoms with E-state index in [1.807, 2.05) is 0 Å². The maximum atomic E-state index is 13.3.